The van der Waals surface area contributed by atoms with Gasteiger partial charge in [-0.05, 0) is 33.6 Å². The minimum atomic E-state index is -0.948. The summed E-state index contributed by atoms with van der Waals surface area (Å²) in [4.78, 5) is 13.8. The Morgan fingerprint density at radius 3 is 2.76 bits per heavy atom. The molecule has 0 bridgehead atoms. The Balaban J connectivity index is 1.98. The second-order valence-corrected chi connectivity index (χ2v) is 7.12. The molecular weight excluding hydrogens is 330 g/mol. The first-order chi connectivity index (χ1) is 11.7. The first-order valence-electron chi connectivity index (χ1n) is 8.19. The lowest BCUT2D eigenvalue weighted by molar-refractivity contribution is 0.0139. The molecule has 1 amide bonds. The molecule has 1 aromatic rings. The van der Waals surface area contributed by atoms with E-state index in [4.69, 9.17) is 14.7 Å². The molecule has 1 fully saturated rings. The first kappa shape index (κ1) is 19.0. The maximum atomic E-state index is 13.6. The minimum absolute atomic E-state index is 0.000796. The Kier molecular flexibility index (Phi) is 5.83. The molecule has 0 unspecified atom stereocenters. The van der Waals surface area contributed by atoms with Crippen molar-refractivity contribution in [2.45, 2.75) is 39.2 Å². The lowest BCUT2D eigenvalue weighted by Gasteiger charge is -2.34. The molecule has 1 aliphatic rings. The first-order valence-corrected chi connectivity index (χ1v) is 8.19. The number of halogens is 2. The molecule has 0 aliphatic carbocycles. The zero-order chi connectivity index (χ0) is 18.6. The van der Waals surface area contributed by atoms with E-state index in [0.29, 0.717) is 19.2 Å². The summed E-state index contributed by atoms with van der Waals surface area (Å²) in [7, 11) is 0. The molecule has 25 heavy (non-hydrogen) atoms. The Morgan fingerprint density at radius 1 is 1.40 bits per heavy atom. The Morgan fingerprint density at radius 2 is 2.12 bits per heavy atom. The number of rotatable bonds is 3. The van der Waals surface area contributed by atoms with Gasteiger partial charge >= 0.3 is 6.09 Å². The molecule has 7 heteroatoms. The fraction of sp³-hybridized carbons (Fsp3) is 0.556. The largest absolute Gasteiger partial charge is 0.492 e. The summed E-state index contributed by atoms with van der Waals surface area (Å²) in [6, 6.07) is 3.33. The normalized spacial score (nSPS) is 17.8. The van der Waals surface area contributed by atoms with Crippen molar-refractivity contribution in [3.63, 3.8) is 0 Å². The van der Waals surface area contributed by atoms with Crippen molar-refractivity contribution in [3.05, 3.63) is 29.3 Å². The van der Waals surface area contributed by atoms with E-state index in [2.05, 4.69) is 0 Å². The highest BCUT2D eigenvalue weighted by atomic mass is 19.1. The molecule has 0 spiro atoms. The number of likely N-dealkylation sites (tertiary alicyclic amines) is 1. The second kappa shape index (κ2) is 7.68. The van der Waals surface area contributed by atoms with Crippen LogP contribution in [-0.4, -0.2) is 36.3 Å². The zero-order valence-corrected chi connectivity index (χ0v) is 14.6. The van der Waals surface area contributed by atoms with Crippen molar-refractivity contribution in [2.24, 2.45) is 5.92 Å². The Labute approximate surface area is 146 Å². The Bertz CT molecular complexity index is 680. The smallest absolute Gasteiger partial charge is 0.410 e. The van der Waals surface area contributed by atoms with Gasteiger partial charge in [-0.15, -0.1) is 0 Å². The average molecular weight is 352 g/mol. The van der Waals surface area contributed by atoms with Gasteiger partial charge in [-0.3, -0.25) is 0 Å². The van der Waals surface area contributed by atoms with Crippen molar-refractivity contribution in [2.75, 3.05) is 19.7 Å². The predicted molar refractivity (Wildman–Crippen MR) is 87.1 cm³/mol. The number of ether oxygens (including phenoxy) is 2. The number of piperidine rings is 1. The summed E-state index contributed by atoms with van der Waals surface area (Å²) in [6.07, 6.45) is 1.22. The van der Waals surface area contributed by atoms with E-state index in [1.54, 1.807) is 31.7 Å². The highest BCUT2D eigenvalue weighted by Gasteiger charge is 2.28. The topological polar surface area (TPSA) is 62.6 Å². The maximum absolute atomic E-state index is 13.6. The van der Waals surface area contributed by atoms with E-state index in [-0.39, 0.29) is 29.9 Å². The number of nitriles is 1. The average Bonchev–Trinajstić information content (AvgIpc) is 2.51. The van der Waals surface area contributed by atoms with Crippen LogP contribution in [0.1, 0.15) is 39.2 Å². The maximum Gasteiger partial charge on any atom is 0.410 e. The van der Waals surface area contributed by atoms with E-state index < -0.39 is 17.2 Å². The van der Waals surface area contributed by atoms with E-state index in [9.17, 15) is 13.6 Å². The molecule has 136 valence electrons. The molecule has 5 nitrogen and oxygen atoms in total. The summed E-state index contributed by atoms with van der Waals surface area (Å²) in [5.41, 5.74) is -0.886. The van der Waals surface area contributed by atoms with Crippen LogP contribution in [0.15, 0.2) is 12.1 Å². The van der Waals surface area contributed by atoms with Crippen LogP contribution in [0.4, 0.5) is 13.6 Å². The number of benzene rings is 1. The van der Waals surface area contributed by atoms with Gasteiger partial charge in [0, 0.05) is 31.1 Å². The molecule has 1 aliphatic heterocycles. The van der Waals surface area contributed by atoms with Crippen LogP contribution in [0, 0.1) is 28.9 Å². The molecule has 1 atom stereocenters. The van der Waals surface area contributed by atoms with Crippen LogP contribution in [0.3, 0.4) is 0 Å². The van der Waals surface area contributed by atoms with Crippen LogP contribution in [0.2, 0.25) is 0 Å². The van der Waals surface area contributed by atoms with Gasteiger partial charge in [0.25, 0.3) is 0 Å². The molecular formula is C18H22F2N2O3. The van der Waals surface area contributed by atoms with E-state index in [1.807, 2.05) is 0 Å². The van der Waals surface area contributed by atoms with Crippen LogP contribution < -0.4 is 4.74 Å². The summed E-state index contributed by atoms with van der Waals surface area (Å²) in [5.74, 6) is -1.87. The fourth-order valence-corrected chi connectivity index (χ4v) is 2.67. The number of carbonyl (C=O) groups excluding carboxylic acids is 1. The standard InChI is InChI=1S/C18H22F2N2O3/c1-18(2,3)25-17(23)22-6-4-5-12(10-22)11-24-16-8-13(19)7-15(20)14(16)9-21/h7-8,12H,4-6,10-11H2,1-3H3/t12-/m1/s1. The molecule has 0 saturated carbocycles. The van der Waals surface area contributed by atoms with Crippen molar-refractivity contribution >= 4 is 6.09 Å². The molecule has 0 aromatic heterocycles. The van der Waals surface area contributed by atoms with Crippen molar-refractivity contribution in [3.8, 4) is 11.8 Å². The lowest BCUT2D eigenvalue weighted by Crippen LogP contribution is -2.44. The Hall–Kier alpha value is -2.36. The third kappa shape index (κ3) is 5.31. The van der Waals surface area contributed by atoms with Gasteiger partial charge in [0.2, 0.25) is 0 Å². The summed E-state index contributed by atoms with van der Waals surface area (Å²) >= 11 is 0. The highest BCUT2D eigenvalue weighted by Crippen LogP contribution is 2.25. The second-order valence-electron chi connectivity index (χ2n) is 7.12. The lowest BCUT2D eigenvalue weighted by atomic mass is 9.99. The van der Waals surface area contributed by atoms with Crippen LogP contribution in [0.25, 0.3) is 0 Å². The van der Waals surface area contributed by atoms with Crippen molar-refractivity contribution in [1.82, 2.24) is 4.90 Å². The molecule has 1 saturated heterocycles. The van der Waals surface area contributed by atoms with Gasteiger partial charge < -0.3 is 14.4 Å². The number of carbonyl (C=O) groups is 1. The van der Waals surface area contributed by atoms with Gasteiger partial charge in [0.1, 0.15) is 34.6 Å². The van der Waals surface area contributed by atoms with Gasteiger partial charge in [-0.1, -0.05) is 0 Å². The van der Waals surface area contributed by atoms with Crippen LogP contribution >= 0.6 is 0 Å². The SMILES string of the molecule is CC(C)(C)OC(=O)N1CCC[C@@H](COc2cc(F)cc(F)c2C#N)C1. The number of hydrogen-bond acceptors (Lipinski definition) is 4. The summed E-state index contributed by atoms with van der Waals surface area (Å²) in [6.45, 7) is 6.61. The van der Waals surface area contributed by atoms with Gasteiger partial charge in [-0.2, -0.15) is 5.26 Å². The minimum Gasteiger partial charge on any atom is -0.492 e. The highest BCUT2D eigenvalue weighted by molar-refractivity contribution is 5.68. The van der Waals surface area contributed by atoms with E-state index in [1.165, 1.54) is 0 Å². The van der Waals surface area contributed by atoms with Crippen molar-refractivity contribution < 1.29 is 23.0 Å². The monoisotopic (exact) mass is 352 g/mol. The summed E-state index contributed by atoms with van der Waals surface area (Å²) < 4.78 is 37.8. The summed E-state index contributed by atoms with van der Waals surface area (Å²) in [5, 5.41) is 8.99. The third-order valence-corrected chi connectivity index (χ3v) is 3.78. The molecule has 0 radical (unpaired) electrons. The number of nitrogens with zero attached hydrogens (tertiary/aromatic N) is 2. The number of hydrogen-bond donors (Lipinski definition) is 0. The van der Waals surface area contributed by atoms with E-state index >= 15 is 0 Å². The molecule has 1 heterocycles. The molecule has 2 rings (SSSR count). The molecule has 1 aromatic carbocycles. The predicted octanol–water partition coefficient (Wildman–Crippen LogP) is 3.86. The van der Waals surface area contributed by atoms with Crippen LogP contribution in [0.5, 0.6) is 5.75 Å². The fourth-order valence-electron chi connectivity index (χ4n) is 2.67. The van der Waals surface area contributed by atoms with Gasteiger partial charge in [0.15, 0.2) is 0 Å². The quantitative estimate of drug-likeness (QED) is 0.829. The van der Waals surface area contributed by atoms with Crippen molar-refractivity contribution in [1.29, 1.82) is 5.26 Å². The molecule has 0 N–H and O–H groups in total. The third-order valence-electron chi connectivity index (χ3n) is 3.78. The van der Waals surface area contributed by atoms with Crippen LogP contribution in [-0.2, 0) is 4.74 Å². The zero-order valence-electron chi connectivity index (χ0n) is 14.6. The number of amides is 1. The van der Waals surface area contributed by atoms with E-state index in [0.717, 1.165) is 18.9 Å². The van der Waals surface area contributed by atoms with Gasteiger partial charge in [0.05, 0.1) is 6.61 Å². The van der Waals surface area contributed by atoms with Gasteiger partial charge in [-0.25, -0.2) is 13.6 Å².